The van der Waals surface area contributed by atoms with Crippen LogP contribution >= 0.6 is 0 Å². The largest absolute Gasteiger partial charge is 0.489 e. The van der Waals surface area contributed by atoms with E-state index in [9.17, 15) is 4.79 Å². The Bertz CT molecular complexity index is 1270. The minimum Gasteiger partial charge on any atom is -0.489 e. The first-order valence-electron chi connectivity index (χ1n) is 12.4. The Morgan fingerprint density at radius 3 is 2.77 bits per heavy atom. The molecule has 6 rings (SSSR count). The van der Waals surface area contributed by atoms with Crippen molar-refractivity contribution in [2.24, 2.45) is 0 Å². The van der Waals surface area contributed by atoms with E-state index in [1.54, 1.807) is 6.07 Å². The highest BCUT2D eigenvalue weighted by molar-refractivity contribution is 5.89. The van der Waals surface area contributed by atoms with Gasteiger partial charge in [-0.3, -0.25) is 4.90 Å². The Kier molecular flexibility index (Phi) is 6.00. The van der Waals surface area contributed by atoms with E-state index in [4.69, 9.17) is 19.2 Å². The van der Waals surface area contributed by atoms with E-state index >= 15 is 0 Å². The number of imidazole rings is 1. The van der Waals surface area contributed by atoms with Crippen LogP contribution in [0.25, 0.3) is 17.2 Å². The van der Waals surface area contributed by atoms with Crippen LogP contribution in [-0.2, 0) is 22.6 Å². The summed E-state index contributed by atoms with van der Waals surface area (Å²) in [6.45, 7) is 4.87. The third-order valence-corrected chi connectivity index (χ3v) is 7.34. The highest BCUT2D eigenvalue weighted by atomic mass is 16.5. The molecule has 0 saturated carbocycles. The molecule has 2 fully saturated rings. The second-order valence-electron chi connectivity index (χ2n) is 9.48. The van der Waals surface area contributed by atoms with Crippen LogP contribution in [-0.4, -0.2) is 64.9 Å². The molecule has 3 aromatic rings. The van der Waals surface area contributed by atoms with Crippen molar-refractivity contribution in [3.8, 4) is 5.75 Å². The molecule has 0 spiro atoms. The SMILES string of the molecule is COC(=O)c1ccc2nc(CN3CCC(c4cccc5c4OCC=C5)CC3)n(CC3CCO3)c2n1. The second kappa shape index (κ2) is 9.43. The van der Waals surface area contributed by atoms with E-state index in [1.165, 1.54) is 18.2 Å². The lowest BCUT2D eigenvalue weighted by Crippen LogP contribution is -2.35. The lowest BCUT2D eigenvalue weighted by molar-refractivity contribution is -0.0593. The summed E-state index contributed by atoms with van der Waals surface area (Å²) in [5.41, 5.74) is 4.33. The number of nitrogens with zero attached hydrogens (tertiary/aromatic N) is 4. The summed E-state index contributed by atoms with van der Waals surface area (Å²) in [5.74, 6) is 2.09. The number of hydrogen-bond acceptors (Lipinski definition) is 7. The Morgan fingerprint density at radius 2 is 2.00 bits per heavy atom. The lowest BCUT2D eigenvalue weighted by Gasteiger charge is -2.33. The average molecular weight is 475 g/mol. The Hall–Kier alpha value is -3.23. The van der Waals surface area contributed by atoms with Gasteiger partial charge in [0.15, 0.2) is 11.3 Å². The molecule has 1 aromatic carbocycles. The number of ether oxygens (including phenoxy) is 3. The van der Waals surface area contributed by atoms with Gasteiger partial charge in [0.25, 0.3) is 0 Å². The van der Waals surface area contributed by atoms with Crippen molar-refractivity contribution >= 4 is 23.2 Å². The van der Waals surface area contributed by atoms with Crippen LogP contribution in [0.1, 0.15) is 52.6 Å². The maximum atomic E-state index is 12.1. The van der Waals surface area contributed by atoms with E-state index in [2.05, 4.69) is 44.8 Å². The smallest absolute Gasteiger partial charge is 0.356 e. The van der Waals surface area contributed by atoms with Crippen LogP contribution in [0.4, 0.5) is 0 Å². The zero-order valence-corrected chi connectivity index (χ0v) is 20.0. The number of esters is 1. The average Bonchev–Trinajstić information content (AvgIpc) is 3.21. The molecule has 182 valence electrons. The fraction of sp³-hybridized carbons (Fsp3) is 0.444. The van der Waals surface area contributed by atoms with Crippen LogP contribution in [0.2, 0.25) is 0 Å². The quantitative estimate of drug-likeness (QED) is 0.503. The highest BCUT2D eigenvalue weighted by Crippen LogP contribution is 2.38. The van der Waals surface area contributed by atoms with Gasteiger partial charge < -0.3 is 18.8 Å². The number of aromatic nitrogens is 3. The molecule has 8 heteroatoms. The van der Waals surface area contributed by atoms with Crippen LogP contribution in [0.5, 0.6) is 5.75 Å². The molecule has 2 saturated heterocycles. The first kappa shape index (κ1) is 22.2. The molecule has 2 aromatic heterocycles. The van der Waals surface area contributed by atoms with Crippen molar-refractivity contribution in [1.82, 2.24) is 19.4 Å². The number of para-hydroxylation sites is 1. The second-order valence-corrected chi connectivity index (χ2v) is 9.48. The number of pyridine rings is 1. The van der Waals surface area contributed by atoms with Crippen LogP contribution in [0.3, 0.4) is 0 Å². The van der Waals surface area contributed by atoms with Crippen LogP contribution < -0.4 is 4.74 Å². The van der Waals surface area contributed by atoms with Crippen molar-refractivity contribution in [3.05, 3.63) is 59.1 Å². The summed E-state index contributed by atoms with van der Waals surface area (Å²) < 4.78 is 18.7. The minimum absolute atomic E-state index is 0.166. The maximum absolute atomic E-state index is 12.1. The van der Waals surface area contributed by atoms with Crippen molar-refractivity contribution in [1.29, 1.82) is 0 Å². The molecule has 0 bridgehead atoms. The fourth-order valence-corrected chi connectivity index (χ4v) is 5.31. The van der Waals surface area contributed by atoms with Crippen molar-refractivity contribution in [2.75, 3.05) is 33.4 Å². The fourth-order valence-electron chi connectivity index (χ4n) is 5.31. The van der Waals surface area contributed by atoms with E-state index in [0.717, 1.165) is 68.2 Å². The molecule has 0 aliphatic carbocycles. The molecule has 35 heavy (non-hydrogen) atoms. The number of fused-ring (bicyclic) bond motifs is 2. The number of benzene rings is 1. The Labute approximate surface area is 204 Å². The van der Waals surface area contributed by atoms with Gasteiger partial charge in [-0.25, -0.2) is 14.8 Å². The third-order valence-electron chi connectivity index (χ3n) is 7.34. The van der Waals surface area contributed by atoms with E-state index in [1.807, 2.05) is 6.07 Å². The molecular weight excluding hydrogens is 444 g/mol. The van der Waals surface area contributed by atoms with Gasteiger partial charge in [-0.15, -0.1) is 0 Å². The summed E-state index contributed by atoms with van der Waals surface area (Å²) in [4.78, 5) is 24.0. The van der Waals surface area contributed by atoms with Gasteiger partial charge in [0.2, 0.25) is 0 Å². The standard InChI is InChI=1S/C27H30N4O4/c1-33-27(32)23-8-7-22-26(29-23)31(16-20-11-15-34-20)24(28-22)17-30-12-9-18(10-13-30)21-6-2-4-19-5-3-14-35-25(19)21/h2-8,18,20H,9-17H2,1H3. The van der Waals surface area contributed by atoms with Gasteiger partial charge in [-0.1, -0.05) is 24.3 Å². The molecule has 1 unspecified atom stereocenters. The normalized spacial score (nSPS) is 20.3. The zero-order valence-electron chi connectivity index (χ0n) is 20.0. The Balaban J connectivity index is 1.21. The van der Waals surface area contributed by atoms with Gasteiger partial charge in [0.1, 0.15) is 23.7 Å². The molecule has 3 aliphatic rings. The highest BCUT2D eigenvalue weighted by Gasteiger charge is 2.27. The van der Waals surface area contributed by atoms with E-state index < -0.39 is 5.97 Å². The monoisotopic (exact) mass is 474 g/mol. The van der Waals surface area contributed by atoms with Crippen LogP contribution in [0, 0.1) is 0 Å². The number of carbonyl (C=O) groups excluding carboxylic acids is 1. The maximum Gasteiger partial charge on any atom is 0.356 e. The summed E-state index contributed by atoms with van der Waals surface area (Å²) in [6, 6.07) is 10.0. The summed E-state index contributed by atoms with van der Waals surface area (Å²) in [6.07, 6.45) is 7.59. The summed E-state index contributed by atoms with van der Waals surface area (Å²) in [7, 11) is 1.37. The van der Waals surface area contributed by atoms with E-state index in [0.29, 0.717) is 24.8 Å². The number of likely N-dealkylation sites (tertiary alicyclic amines) is 1. The van der Waals surface area contributed by atoms with Gasteiger partial charge >= 0.3 is 5.97 Å². The molecule has 0 amide bonds. The number of hydrogen-bond donors (Lipinski definition) is 0. The minimum atomic E-state index is -0.439. The van der Waals surface area contributed by atoms with Gasteiger partial charge in [0, 0.05) is 12.2 Å². The topological polar surface area (TPSA) is 78.7 Å². The molecule has 3 aliphatic heterocycles. The number of rotatable bonds is 6. The lowest BCUT2D eigenvalue weighted by atomic mass is 9.87. The predicted octanol–water partition coefficient (Wildman–Crippen LogP) is 3.79. The van der Waals surface area contributed by atoms with Crippen molar-refractivity contribution in [3.63, 3.8) is 0 Å². The zero-order chi connectivity index (χ0) is 23.8. The molecular formula is C27H30N4O4. The number of carbonyl (C=O) groups is 1. The van der Waals surface area contributed by atoms with Gasteiger partial charge in [0.05, 0.1) is 26.3 Å². The molecule has 8 nitrogen and oxygen atoms in total. The molecule has 0 radical (unpaired) electrons. The molecule has 0 N–H and O–H groups in total. The predicted molar refractivity (Wildman–Crippen MR) is 131 cm³/mol. The summed E-state index contributed by atoms with van der Waals surface area (Å²) >= 11 is 0. The van der Waals surface area contributed by atoms with Crippen molar-refractivity contribution in [2.45, 2.75) is 44.4 Å². The molecule has 5 heterocycles. The first-order valence-corrected chi connectivity index (χ1v) is 12.4. The van der Waals surface area contributed by atoms with Gasteiger partial charge in [-0.2, -0.15) is 0 Å². The number of piperidine rings is 1. The number of methoxy groups -OCH3 is 1. The summed E-state index contributed by atoms with van der Waals surface area (Å²) in [5, 5.41) is 0. The van der Waals surface area contributed by atoms with E-state index in [-0.39, 0.29) is 6.10 Å². The Morgan fingerprint density at radius 1 is 1.14 bits per heavy atom. The van der Waals surface area contributed by atoms with Gasteiger partial charge in [-0.05, 0) is 62.0 Å². The first-order chi connectivity index (χ1) is 17.2. The third kappa shape index (κ3) is 4.32. The van der Waals surface area contributed by atoms with Crippen molar-refractivity contribution < 1.29 is 19.0 Å². The van der Waals surface area contributed by atoms with Crippen LogP contribution in [0.15, 0.2) is 36.4 Å². The molecule has 1 atom stereocenters.